The number of likely N-dealkylation sites (N-methyl/N-ethyl adjacent to an activating group) is 1. The molecular weight excluding hydrogens is 401 g/mol. The number of hydrogen-bond acceptors (Lipinski definition) is 2. The first kappa shape index (κ1) is 27.4. The Morgan fingerprint density at radius 3 is 2.15 bits per heavy atom. The predicted octanol–water partition coefficient (Wildman–Crippen LogP) is -2.05. The Bertz CT molecular complexity index is 658. The molecule has 0 heterocycles. The van der Waals surface area contributed by atoms with Crippen molar-refractivity contribution in [3.8, 4) is 0 Å². The van der Waals surface area contributed by atoms with Gasteiger partial charge in [0, 0.05) is 6.54 Å². The van der Waals surface area contributed by atoms with Crippen LogP contribution < -0.4 is 24.8 Å². The maximum absolute atomic E-state index is 8.54. The van der Waals surface area contributed by atoms with Crippen LogP contribution in [0.4, 0.5) is 0 Å². The first-order chi connectivity index (χ1) is 11.2. The molecule has 0 aromatic heterocycles. The van der Waals surface area contributed by atoms with Crippen molar-refractivity contribution in [2.24, 2.45) is 0 Å². The third-order valence-electron chi connectivity index (χ3n) is 3.57. The molecule has 0 unspecified atom stereocenters. The van der Waals surface area contributed by atoms with Crippen molar-refractivity contribution in [2.75, 3.05) is 20.6 Å². The van der Waals surface area contributed by atoms with Crippen molar-refractivity contribution in [3.05, 3.63) is 89.5 Å². The van der Waals surface area contributed by atoms with Crippen LogP contribution in [0.15, 0.2) is 72.3 Å². The van der Waals surface area contributed by atoms with Crippen LogP contribution in [0, 0.1) is 6.07 Å². The molecule has 26 heavy (non-hydrogen) atoms. The maximum Gasteiger partial charge on any atom is 3.00 e. The molecule has 2 aromatic carbocycles. The average Bonchev–Trinajstić information content (AvgIpc) is 3.04. The van der Waals surface area contributed by atoms with E-state index in [9.17, 15) is 0 Å². The van der Waals surface area contributed by atoms with Crippen LogP contribution in [-0.2, 0) is 28.3 Å². The minimum Gasteiger partial charge on any atom is -1.00 e. The first-order valence-electron chi connectivity index (χ1n) is 7.86. The molecule has 0 saturated heterocycles. The van der Waals surface area contributed by atoms with Crippen LogP contribution in [0.3, 0.4) is 0 Å². The number of halogens is 2. The van der Waals surface area contributed by atoms with E-state index in [4.69, 9.17) is 5.11 Å². The van der Waals surface area contributed by atoms with Gasteiger partial charge >= 0.3 is 21.7 Å². The van der Waals surface area contributed by atoms with Gasteiger partial charge in [-0.15, -0.1) is 41.5 Å². The van der Waals surface area contributed by atoms with E-state index in [-0.39, 0.29) is 53.1 Å². The van der Waals surface area contributed by atoms with Crippen LogP contribution in [-0.4, -0.2) is 30.6 Å². The molecule has 0 spiro atoms. The van der Waals surface area contributed by atoms with Gasteiger partial charge in [-0.25, -0.2) is 0 Å². The fraction of sp³-hybridized carbons (Fsp3) is 0.238. The summed E-state index contributed by atoms with van der Waals surface area (Å²) >= 11 is 0. The summed E-state index contributed by atoms with van der Waals surface area (Å²) in [7, 11) is 4.21. The van der Waals surface area contributed by atoms with Crippen molar-refractivity contribution >= 4 is 5.57 Å². The SMILES string of the molecule is CN(C)CC1=C(c2[c-]cccc2)CC=C1.OCc1ccccc1.[Cl-].[Cl-].[Ti+3]. The van der Waals surface area contributed by atoms with E-state index >= 15 is 0 Å². The molecule has 2 aromatic rings. The van der Waals surface area contributed by atoms with E-state index in [2.05, 4.69) is 49.3 Å². The van der Waals surface area contributed by atoms with Gasteiger partial charge in [-0.1, -0.05) is 48.1 Å². The molecule has 3 rings (SSSR count). The smallest absolute Gasteiger partial charge is 1.00 e. The van der Waals surface area contributed by atoms with Gasteiger partial charge in [0.15, 0.2) is 0 Å². The zero-order chi connectivity index (χ0) is 16.5. The third kappa shape index (κ3) is 9.18. The van der Waals surface area contributed by atoms with E-state index in [0.29, 0.717) is 0 Å². The van der Waals surface area contributed by atoms with Gasteiger partial charge in [0.1, 0.15) is 0 Å². The van der Waals surface area contributed by atoms with E-state index in [0.717, 1.165) is 18.5 Å². The molecule has 1 N–H and O–H groups in total. The minimum absolute atomic E-state index is 0. The number of allylic oxidation sites excluding steroid dienone is 2. The second kappa shape index (κ2) is 15.2. The molecule has 0 atom stereocenters. The Balaban J connectivity index is 0. The topological polar surface area (TPSA) is 23.5 Å². The summed E-state index contributed by atoms with van der Waals surface area (Å²) in [6.45, 7) is 1.15. The Morgan fingerprint density at radius 2 is 1.65 bits per heavy atom. The molecule has 5 heteroatoms. The maximum atomic E-state index is 8.54. The summed E-state index contributed by atoms with van der Waals surface area (Å²) in [5, 5.41) is 8.54. The molecule has 2 nitrogen and oxygen atoms in total. The second-order valence-electron chi connectivity index (χ2n) is 5.77. The molecular formula is C21H24Cl2NOTi. The van der Waals surface area contributed by atoms with Crippen LogP contribution >= 0.6 is 0 Å². The minimum atomic E-state index is 0. The number of rotatable bonds is 4. The Kier molecular flexibility index (Phi) is 16.0. The first-order valence-corrected chi connectivity index (χ1v) is 7.86. The number of hydrogen-bond donors (Lipinski definition) is 1. The van der Waals surface area contributed by atoms with Crippen molar-refractivity contribution < 1.29 is 51.6 Å². The Labute approximate surface area is 184 Å². The van der Waals surface area contributed by atoms with Crippen molar-refractivity contribution in [1.29, 1.82) is 0 Å². The van der Waals surface area contributed by atoms with E-state index < -0.39 is 0 Å². The summed E-state index contributed by atoms with van der Waals surface area (Å²) in [5.41, 5.74) is 5.04. The van der Waals surface area contributed by atoms with Gasteiger partial charge in [0.25, 0.3) is 0 Å². The number of nitrogens with zero attached hydrogens (tertiary/aromatic N) is 1. The molecule has 1 radical (unpaired) electrons. The fourth-order valence-electron chi connectivity index (χ4n) is 2.49. The van der Waals surface area contributed by atoms with Crippen LogP contribution in [0.25, 0.3) is 5.57 Å². The molecule has 0 amide bonds. The summed E-state index contributed by atoms with van der Waals surface area (Å²) in [6, 6.07) is 21.0. The summed E-state index contributed by atoms with van der Waals surface area (Å²) in [4.78, 5) is 2.20. The molecule has 0 bridgehead atoms. The van der Waals surface area contributed by atoms with Gasteiger partial charge in [0.2, 0.25) is 0 Å². The van der Waals surface area contributed by atoms with Crippen molar-refractivity contribution in [3.63, 3.8) is 0 Å². The van der Waals surface area contributed by atoms with Crippen LogP contribution in [0.2, 0.25) is 0 Å². The van der Waals surface area contributed by atoms with Crippen LogP contribution in [0.5, 0.6) is 0 Å². The molecule has 137 valence electrons. The van der Waals surface area contributed by atoms with E-state index in [1.807, 2.05) is 42.5 Å². The van der Waals surface area contributed by atoms with Gasteiger partial charge in [0.05, 0.1) is 6.61 Å². The van der Waals surface area contributed by atoms with Gasteiger partial charge in [-0.2, -0.15) is 0 Å². The van der Waals surface area contributed by atoms with Crippen molar-refractivity contribution in [2.45, 2.75) is 13.0 Å². The molecule has 1 aliphatic carbocycles. The number of benzene rings is 2. The van der Waals surface area contributed by atoms with E-state index in [1.165, 1.54) is 16.7 Å². The van der Waals surface area contributed by atoms with Crippen LogP contribution in [0.1, 0.15) is 17.5 Å². The third-order valence-corrected chi connectivity index (χ3v) is 3.57. The zero-order valence-electron chi connectivity index (χ0n) is 15.1. The monoisotopic (exact) mass is 424 g/mol. The standard InChI is InChI=1S/C14H16N.C7H8O.2ClH.Ti/c1-15(2)11-13-9-6-10-14(13)12-7-4-3-5-8-12;8-6-7-4-2-1-3-5-7;;;/h3-7,9H,10-11H2,1-2H3;1-5,8H,6H2;2*1H;/q-1;;;;+3/p-2. The van der Waals surface area contributed by atoms with Gasteiger partial charge in [-0.3, -0.25) is 0 Å². The quantitative estimate of drug-likeness (QED) is 0.451. The van der Waals surface area contributed by atoms with Gasteiger partial charge in [-0.05, 0) is 26.1 Å². The summed E-state index contributed by atoms with van der Waals surface area (Å²) in [5.74, 6) is 0. The number of aliphatic hydroxyl groups is 1. The number of aliphatic hydroxyl groups excluding tert-OH is 1. The molecule has 0 fully saturated rings. The molecule has 1 aliphatic rings. The Morgan fingerprint density at radius 1 is 1.00 bits per heavy atom. The van der Waals surface area contributed by atoms with Crippen molar-refractivity contribution in [1.82, 2.24) is 4.90 Å². The molecule has 0 saturated carbocycles. The average molecular weight is 425 g/mol. The zero-order valence-corrected chi connectivity index (χ0v) is 18.2. The largest absolute Gasteiger partial charge is 3.00 e. The second-order valence-corrected chi connectivity index (χ2v) is 5.77. The normalized spacial score (nSPS) is 11.7. The van der Waals surface area contributed by atoms with Gasteiger partial charge < -0.3 is 34.8 Å². The van der Waals surface area contributed by atoms with E-state index in [1.54, 1.807) is 0 Å². The summed E-state index contributed by atoms with van der Waals surface area (Å²) < 4.78 is 0. The Hall–Kier alpha value is -0.866. The summed E-state index contributed by atoms with van der Waals surface area (Å²) in [6.07, 6.45) is 5.51. The predicted molar refractivity (Wildman–Crippen MR) is 96.9 cm³/mol. The fourth-order valence-corrected chi connectivity index (χ4v) is 2.49. The molecule has 0 aliphatic heterocycles.